The van der Waals surface area contributed by atoms with Crippen LogP contribution in [0.15, 0.2) is 40.8 Å². The maximum Gasteiger partial charge on any atom is 0.290 e. The van der Waals surface area contributed by atoms with Crippen LogP contribution in [0.3, 0.4) is 0 Å². The van der Waals surface area contributed by atoms with E-state index in [1.54, 1.807) is 36.3 Å². The Bertz CT molecular complexity index is 682. The number of methoxy groups -OCH3 is 1. The van der Waals surface area contributed by atoms with E-state index >= 15 is 0 Å². The SMILES string of the molecule is COCc1ccc(C(=O)N2C[C@H](O)C[C@H]2c2ccc(F)cc2)o1. The number of carbonyl (C=O) groups excluding carboxylic acids is 1. The fourth-order valence-corrected chi connectivity index (χ4v) is 2.89. The van der Waals surface area contributed by atoms with Gasteiger partial charge in [0.2, 0.25) is 0 Å². The first kappa shape index (κ1) is 15.7. The lowest BCUT2D eigenvalue weighted by atomic mass is 10.0. The molecule has 3 rings (SSSR count). The maximum atomic E-state index is 13.1. The predicted octanol–water partition coefficient (Wildman–Crippen LogP) is 2.51. The Morgan fingerprint density at radius 3 is 2.78 bits per heavy atom. The fraction of sp³-hybridized carbons (Fsp3) is 0.353. The lowest BCUT2D eigenvalue weighted by molar-refractivity contribution is 0.0676. The Labute approximate surface area is 133 Å². The van der Waals surface area contributed by atoms with Crippen molar-refractivity contribution < 1.29 is 23.4 Å². The number of ether oxygens (including phenoxy) is 1. The molecule has 0 bridgehead atoms. The Morgan fingerprint density at radius 2 is 2.09 bits per heavy atom. The summed E-state index contributed by atoms with van der Waals surface area (Å²) in [5, 5.41) is 9.95. The molecule has 6 heteroatoms. The van der Waals surface area contributed by atoms with Crippen LogP contribution in [0.25, 0.3) is 0 Å². The van der Waals surface area contributed by atoms with Gasteiger partial charge in [-0.3, -0.25) is 4.79 Å². The van der Waals surface area contributed by atoms with Crippen LogP contribution in [-0.2, 0) is 11.3 Å². The molecule has 0 radical (unpaired) electrons. The van der Waals surface area contributed by atoms with Crippen molar-refractivity contribution >= 4 is 5.91 Å². The third kappa shape index (κ3) is 3.28. The first-order valence-electron chi connectivity index (χ1n) is 7.40. The van der Waals surface area contributed by atoms with Crippen LogP contribution < -0.4 is 0 Å². The number of benzene rings is 1. The number of furan rings is 1. The van der Waals surface area contributed by atoms with Crippen LogP contribution in [-0.4, -0.2) is 35.7 Å². The van der Waals surface area contributed by atoms with Crippen molar-refractivity contribution in [1.29, 1.82) is 0 Å². The number of hydrogen-bond donors (Lipinski definition) is 1. The largest absolute Gasteiger partial charge is 0.453 e. The number of nitrogens with zero attached hydrogens (tertiary/aromatic N) is 1. The van der Waals surface area contributed by atoms with E-state index in [-0.39, 0.29) is 36.7 Å². The summed E-state index contributed by atoms with van der Waals surface area (Å²) in [5.74, 6) is 0.144. The molecule has 1 N–H and O–H groups in total. The van der Waals surface area contributed by atoms with Crippen LogP contribution in [0, 0.1) is 5.82 Å². The number of aliphatic hydroxyl groups is 1. The monoisotopic (exact) mass is 319 g/mol. The van der Waals surface area contributed by atoms with Gasteiger partial charge in [-0.05, 0) is 36.2 Å². The van der Waals surface area contributed by atoms with Gasteiger partial charge in [-0.2, -0.15) is 0 Å². The molecular weight excluding hydrogens is 301 g/mol. The van der Waals surface area contributed by atoms with E-state index in [9.17, 15) is 14.3 Å². The minimum atomic E-state index is -0.609. The molecule has 5 nitrogen and oxygen atoms in total. The number of hydrogen-bond acceptors (Lipinski definition) is 4. The predicted molar refractivity (Wildman–Crippen MR) is 80.2 cm³/mol. The Kier molecular flexibility index (Phi) is 4.45. The Morgan fingerprint density at radius 1 is 1.35 bits per heavy atom. The van der Waals surface area contributed by atoms with Gasteiger partial charge in [0, 0.05) is 13.7 Å². The van der Waals surface area contributed by atoms with Gasteiger partial charge in [-0.1, -0.05) is 12.1 Å². The first-order chi connectivity index (χ1) is 11.1. The van der Waals surface area contributed by atoms with E-state index in [2.05, 4.69) is 0 Å². The van der Waals surface area contributed by atoms with Gasteiger partial charge in [0.25, 0.3) is 5.91 Å². The van der Waals surface area contributed by atoms with Crippen molar-refractivity contribution in [3.63, 3.8) is 0 Å². The molecular formula is C17H18FNO4. The Hall–Kier alpha value is -2.18. The van der Waals surface area contributed by atoms with E-state index in [0.717, 1.165) is 5.56 Å². The second-order valence-corrected chi connectivity index (χ2v) is 5.61. The number of rotatable bonds is 4. The highest BCUT2D eigenvalue weighted by molar-refractivity contribution is 5.92. The molecule has 23 heavy (non-hydrogen) atoms. The van der Waals surface area contributed by atoms with Crippen LogP contribution in [0.5, 0.6) is 0 Å². The van der Waals surface area contributed by atoms with Crippen molar-refractivity contribution in [2.24, 2.45) is 0 Å². The summed E-state index contributed by atoms with van der Waals surface area (Å²) in [7, 11) is 1.55. The van der Waals surface area contributed by atoms with Crippen LogP contribution in [0.1, 0.15) is 34.3 Å². The molecule has 1 aliphatic heterocycles. The van der Waals surface area contributed by atoms with E-state index in [4.69, 9.17) is 9.15 Å². The number of halogens is 1. The topological polar surface area (TPSA) is 62.9 Å². The molecule has 2 aromatic rings. The van der Waals surface area contributed by atoms with Gasteiger partial charge in [-0.25, -0.2) is 4.39 Å². The molecule has 0 unspecified atom stereocenters. The molecule has 0 aliphatic carbocycles. The summed E-state index contributed by atoms with van der Waals surface area (Å²) in [6.45, 7) is 0.512. The second kappa shape index (κ2) is 6.52. The highest BCUT2D eigenvalue weighted by Crippen LogP contribution is 2.33. The first-order valence-corrected chi connectivity index (χ1v) is 7.40. The number of likely N-dealkylation sites (tertiary alicyclic amines) is 1. The van der Waals surface area contributed by atoms with Crippen molar-refractivity contribution in [3.05, 3.63) is 59.3 Å². The Balaban J connectivity index is 1.83. The molecule has 2 atom stereocenters. The molecule has 122 valence electrons. The molecule has 2 heterocycles. The fourth-order valence-electron chi connectivity index (χ4n) is 2.89. The van der Waals surface area contributed by atoms with Crippen molar-refractivity contribution in [2.75, 3.05) is 13.7 Å². The number of amides is 1. The van der Waals surface area contributed by atoms with Crippen LogP contribution >= 0.6 is 0 Å². The van der Waals surface area contributed by atoms with Gasteiger partial charge in [0.05, 0.1) is 12.1 Å². The lowest BCUT2D eigenvalue weighted by Crippen LogP contribution is -2.31. The van der Waals surface area contributed by atoms with E-state index < -0.39 is 6.10 Å². The molecule has 1 aromatic carbocycles. The summed E-state index contributed by atoms with van der Waals surface area (Å²) >= 11 is 0. The number of aliphatic hydroxyl groups excluding tert-OH is 1. The molecule has 1 aromatic heterocycles. The average molecular weight is 319 g/mol. The molecule has 0 saturated carbocycles. The normalized spacial score (nSPS) is 20.9. The third-order valence-corrected chi connectivity index (χ3v) is 3.95. The standard InChI is InChI=1S/C17H18FNO4/c1-22-10-14-6-7-16(23-14)17(21)19-9-13(20)8-15(19)11-2-4-12(18)5-3-11/h2-7,13,15,20H,8-10H2,1H3/t13-,15+/m1/s1. The highest BCUT2D eigenvalue weighted by Gasteiger charge is 2.36. The quantitative estimate of drug-likeness (QED) is 0.940. The van der Waals surface area contributed by atoms with E-state index in [1.165, 1.54) is 12.1 Å². The van der Waals surface area contributed by atoms with Crippen molar-refractivity contribution in [2.45, 2.75) is 25.2 Å². The highest BCUT2D eigenvalue weighted by atomic mass is 19.1. The van der Waals surface area contributed by atoms with Gasteiger partial charge in [0.15, 0.2) is 5.76 Å². The summed E-state index contributed by atoms with van der Waals surface area (Å²) in [5.41, 5.74) is 0.792. The number of β-amino-alcohol motifs (C(OH)–C–C–N with tert-alkyl or cyclic N) is 1. The summed E-state index contributed by atoms with van der Waals surface area (Å²) in [6, 6.07) is 8.97. The maximum absolute atomic E-state index is 13.1. The van der Waals surface area contributed by atoms with E-state index in [1.807, 2.05) is 0 Å². The molecule has 1 fully saturated rings. The number of carbonyl (C=O) groups is 1. The minimum absolute atomic E-state index is 0.207. The van der Waals surface area contributed by atoms with Gasteiger partial charge in [0.1, 0.15) is 18.2 Å². The van der Waals surface area contributed by atoms with E-state index in [0.29, 0.717) is 12.2 Å². The van der Waals surface area contributed by atoms with Crippen LogP contribution in [0.4, 0.5) is 4.39 Å². The molecule has 1 saturated heterocycles. The average Bonchev–Trinajstić information content (AvgIpc) is 3.15. The minimum Gasteiger partial charge on any atom is -0.453 e. The molecule has 0 spiro atoms. The zero-order valence-electron chi connectivity index (χ0n) is 12.7. The summed E-state index contributed by atoms with van der Waals surface area (Å²) in [6.07, 6.45) is -0.189. The third-order valence-electron chi connectivity index (χ3n) is 3.95. The lowest BCUT2D eigenvalue weighted by Gasteiger charge is -2.23. The summed E-state index contributed by atoms with van der Waals surface area (Å²) in [4.78, 5) is 14.2. The molecule has 1 aliphatic rings. The van der Waals surface area contributed by atoms with Crippen molar-refractivity contribution in [1.82, 2.24) is 4.90 Å². The van der Waals surface area contributed by atoms with Gasteiger partial charge in [-0.15, -0.1) is 0 Å². The van der Waals surface area contributed by atoms with Crippen LogP contribution in [0.2, 0.25) is 0 Å². The zero-order chi connectivity index (χ0) is 16.4. The second-order valence-electron chi connectivity index (χ2n) is 5.61. The zero-order valence-corrected chi connectivity index (χ0v) is 12.7. The smallest absolute Gasteiger partial charge is 0.290 e. The van der Waals surface area contributed by atoms with Gasteiger partial charge < -0.3 is 19.2 Å². The molecule has 1 amide bonds. The van der Waals surface area contributed by atoms with Crippen molar-refractivity contribution in [3.8, 4) is 0 Å². The van der Waals surface area contributed by atoms with Gasteiger partial charge >= 0.3 is 0 Å². The summed E-state index contributed by atoms with van der Waals surface area (Å²) < 4.78 is 23.5.